The fraction of sp³-hybridized carbons (Fsp3) is 0.364. The van der Waals surface area contributed by atoms with Gasteiger partial charge in [0.15, 0.2) is 13.2 Å². The Morgan fingerprint density at radius 1 is 0.857 bits per heavy atom. The summed E-state index contributed by atoms with van der Waals surface area (Å²) in [5, 5.41) is 2.77. The minimum absolute atomic E-state index is 0.0186. The lowest BCUT2D eigenvalue weighted by Gasteiger charge is -2.17. The van der Waals surface area contributed by atoms with Crippen molar-refractivity contribution in [2.24, 2.45) is 5.92 Å². The summed E-state index contributed by atoms with van der Waals surface area (Å²) in [4.78, 5) is 23.4. The highest BCUT2D eigenvalue weighted by atomic mass is 16.6. The third kappa shape index (κ3) is 7.70. The Labute approximate surface area is 165 Å². The van der Waals surface area contributed by atoms with Crippen molar-refractivity contribution < 1.29 is 23.8 Å². The van der Waals surface area contributed by atoms with E-state index in [-0.39, 0.29) is 25.2 Å². The lowest BCUT2D eigenvalue weighted by Crippen LogP contribution is -2.39. The maximum atomic E-state index is 11.7. The molecule has 0 aliphatic heterocycles. The maximum Gasteiger partial charge on any atom is 0.344 e. The first-order valence-electron chi connectivity index (χ1n) is 9.28. The van der Waals surface area contributed by atoms with Crippen LogP contribution in [0.15, 0.2) is 54.6 Å². The molecule has 2 aromatic rings. The fourth-order valence-electron chi connectivity index (χ4n) is 2.17. The number of carbonyl (C=O) groups excluding carboxylic acids is 2. The molecule has 6 nitrogen and oxygen atoms in total. The second-order valence-corrected chi connectivity index (χ2v) is 6.80. The van der Waals surface area contributed by atoms with E-state index in [9.17, 15) is 9.59 Å². The van der Waals surface area contributed by atoms with Gasteiger partial charge in [-0.2, -0.15) is 0 Å². The molecular weight excluding hydrogens is 358 g/mol. The normalized spacial score (nSPS) is 11.6. The predicted octanol–water partition coefficient (Wildman–Crippen LogP) is 3.35. The van der Waals surface area contributed by atoms with E-state index in [1.165, 1.54) is 0 Å². The van der Waals surface area contributed by atoms with Gasteiger partial charge in [-0.25, -0.2) is 4.79 Å². The van der Waals surface area contributed by atoms with Gasteiger partial charge in [-0.05, 0) is 42.7 Å². The average molecular weight is 385 g/mol. The fourth-order valence-corrected chi connectivity index (χ4v) is 2.17. The van der Waals surface area contributed by atoms with Crippen molar-refractivity contribution in [2.45, 2.75) is 33.4 Å². The molecule has 1 amide bonds. The van der Waals surface area contributed by atoms with Crippen molar-refractivity contribution in [3.05, 3.63) is 60.2 Å². The Bertz CT molecular complexity index is 743. The van der Waals surface area contributed by atoms with Gasteiger partial charge in [0.05, 0.1) is 0 Å². The topological polar surface area (TPSA) is 73.9 Å². The molecule has 0 spiro atoms. The minimum atomic E-state index is -0.600. The quantitative estimate of drug-likeness (QED) is 0.635. The molecule has 0 saturated carbocycles. The summed E-state index contributed by atoms with van der Waals surface area (Å²) < 4.78 is 16.0. The van der Waals surface area contributed by atoms with E-state index >= 15 is 0 Å². The molecule has 150 valence electrons. The summed E-state index contributed by atoms with van der Waals surface area (Å²) in [6.45, 7) is 5.81. The van der Waals surface area contributed by atoms with Crippen LogP contribution in [0.4, 0.5) is 0 Å². The second kappa shape index (κ2) is 11.0. The van der Waals surface area contributed by atoms with Crippen LogP contribution in [-0.4, -0.2) is 31.1 Å². The van der Waals surface area contributed by atoms with Crippen molar-refractivity contribution in [1.82, 2.24) is 5.32 Å². The van der Waals surface area contributed by atoms with Crippen LogP contribution >= 0.6 is 0 Å². The van der Waals surface area contributed by atoms with E-state index in [1.807, 2.05) is 51.1 Å². The summed E-state index contributed by atoms with van der Waals surface area (Å²) in [6, 6.07) is 16.8. The smallest absolute Gasteiger partial charge is 0.344 e. The number of esters is 1. The van der Waals surface area contributed by atoms with Gasteiger partial charge in [0.1, 0.15) is 18.1 Å². The van der Waals surface area contributed by atoms with E-state index in [0.29, 0.717) is 24.0 Å². The molecule has 0 saturated heterocycles. The number of ether oxygens (including phenoxy) is 3. The van der Waals surface area contributed by atoms with E-state index in [2.05, 4.69) is 5.32 Å². The van der Waals surface area contributed by atoms with Crippen LogP contribution in [0.5, 0.6) is 11.5 Å². The highest BCUT2D eigenvalue weighted by molar-refractivity contribution is 5.81. The molecular formula is C22H27NO5. The molecule has 0 bridgehead atoms. The van der Waals surface area contributed by atoms with Gasteiger partial charge in [0, 0.05) is 6.04 Å². The number of amides is 1. The molecule has 0 radical (unpaired) electrons. The number of nitrogens with one attached hydrogen (secondary N) is 1. The maximum absolute atomic E-state index is 11.7. The van der Waals surface area contributed by atoms with E-state index in [4.69, 9.17) is 14.2 Å². The second-order valence-electron chi connectivity index (χ2n) is 6.80. The average Bonchev–Trinajstić information content (AvgIpc) is 2.70. The predicted molar refractivity (Wildman–Crippen MR) is 106 cm³/mol. The molecule has 6 heteroatoms. The zero-order valence-corrected chi connectivity index (χ0v) is 16.5. The largest absolute Gasteiger partial charge is 0.489 e. The van der Waals surface area contributed by atoms with Crippen LogP contribution in [0.3, 0.4) is 0 Å². The lowest BCUT2D eigenvalue weighted by atomic mass is 10.1. The molecule has 2 aromatic carbocycles. The summed E-state index contributed by atoms with van der Waals surface area (Å²) in [5.41, 5.74) is 1.08. The Balaban J connectivity index is 1.68. The third-order valence-electron chi connectivity index (χ3n) is 4.18. The van der Waals surface area contributed by atoms with Crippen LogP contribution in [-0.2, 0) is 20.9 Å². The van der Waals surface area contributed by atoms with Gasteiger partial charge < -0.3 is 19.5 Å². The van der Waals surface area contributed by atoms with Crippen molar-refractivity contribution in [3.8, 4) is 11.5 Å². The molecule has 1 N–H and O–H groups in total. The van der Waals surface area contributed by atoms with Crippen molar-refractivity contribution in [1.29, 1.82) is 0 Å². The SMILES string of the molecule is CC(C)[C@H](C)NC(=O)COC(=O)COc1ccc(OCc2ccccc2)cc1. The molecule has 0 heterocycles. The van der Waals surface area contributed by atoms with Crippen molar-refractivity contribution in [3.63, 3.8) is 0 Å². The van der Waals surface area contributed by atoms with Crippen LogP contribution in [0, 0.1) is 5.92 Å². The van der Waals surface area contributed by atoms with Crippen LogP contribution in [0.1, 0.15) is 26.3 Å². The molecule has 2 rings (SSSR count). The zero-order valence-electron chi connectivity index (χ0n) is 16.5. The highest BCUT2D eigenvalue weighted by Gasteiger charge is 2.13. The molecule has 0 fully saturated rings. The zero-order chi connectivity index (χ0) is 20.4. The van der Waals surface area contributed by atoms with Crippen molar-refractivity contribution in [2.75, 3.05) is 13.2 Å². The Kier molecular flexibility index (Phi) is 8.34. The van der Waals surface area contributed by atoms with Gasteiger partial charge in [0.2, 0.25) is 0 Å². The highest BCUT2D eigenvalue weighted by Crippen LogP contribution is 2.18. The van der Waals surface area contributed by atoms with Gasteiger partial charge in [-0.1, -0.05) is 44.2 Å². The monoisotopic (exact) mass is 385 g/mol. The molecule has 0 aliphatic carbocycles. The number of rotatable bonds is 10. The molecule has 28 heavy (non-hydrogen) atoms. The van der Waals surface area contributed by atoms with Crippen molar-refractivity contribution >= 4 is 11.9 Å². The lowest BCUT2D eigenvalue weighted by molar-refractivity contribution is -0.150. The minimum Gasteiger partial charge on any atom is -0.489 e. The molecule has 0 aliphatic rings. The van der Waals surface area contributed by atoms with E-state index < -0.39 is 5.97 Å². The van der Waals surface area contributed by atoms with Gasteiger partial charge in [0.25, 0.3) is 5.91 Å². The van der Waals surface area contributed by atoms with E-state index in [0.717, 1.165) is 5.56 Å². The third-order valence-corrected chi connectivity index (χ3v) is 4.18. The first kappa shape index (κ1) is 21.3. The summed E-state index contributed by atoms with van der Waals surface area (Å²) >= 11 is 0. The standard InChI is InChI=1S/C22H27NO5/c1-16(2)17(3)23-21(24)14-28-22(25)15-27-20-11-9-19(10-12-20)26-13-18-7-5-4-6-8-18/h4-12,16-17H,13-15H2,1-3H3,(H,23,24)/t17-/m0/s1. The summed E-state index contributed by atoms with van der Waals surface area (Å²) in [7, 11) is 0. The number of carbonyl (C=O) groups is 2. The van der Waals surface area contributed by atoms with Crippen LogP contribution < -0.4 is 14.8 Å². The Hall–Kier alpha value is -3.02. The Morgan fingerprint density at radius 3 is 2.07 bits per heavy atom. The number of benzene rings is 2. The molecule has 0 unspecified atom stereocenters. The van der Waals surface area contributed by atoms with Gasteiger partial charge in [-0.15, -0.1) is 0 Å². The Morgan fingerprint density at radius 2 is 1.46 bits per heavy atom. The van der Waals surface area contributed by atoms with Gasteiger partial charge in [-0.3, -0.25) is 4.79 Å². The number of hydrogen-bond acceptors (Lipinski definition) is 5. The summed E-state index contributed by atoms with van der Waals surface area (Å²) in [5.74, 6) is 0.602. The van der Waals surface area contributed by atoms with Crippen LogP contribution in [0.25, 0.3) is 0 Å². The first-order chi connectivity index (χ1) is 13.4. The summed E-state index contributed by atoms with van der Waals surface area (Å²) in [6.07, 6.45) is 0. The first-order valence-corrected chi connectivity index (χ1v) is 9.28. The molecule has 0 aromatic heterocycles. The van der Waals surface area contributed by atoms with Crippen LogP contribution in [0.2, 0.25) is 0 Å². The molecule has 1 atom stereocenters. The van der Waals surface area contributed by atoms with Gasteiger partial charge >= 0.3 is 5.97 Å². The van der Waals surface area contributed by atoms with E-state index in [1.54, 1.807) is 24.3 Å². The number of hydrogen-bond donors (Lipinski definition) is 1.